The summed E-state index contributed by atoms with van der Waals surface area (Å²) in [5, 5.41) is 10.0. The third-order valence-corrected chi connectivity index (χ3v) is 8.94. The standard InChI is InChI=1S/C30H36Cl2FN3O3/c1-29(2,3)16-23-30(20-8-7-18(31)15-22(20)35-28(30)38)24(19-5-4-6-21(32)25(19)33)26(36-23)27(37)34-12-9-17-10-13-39-14-11-17/h4-8,15,17,23-24,26,36H,9-14,16H2,1-3H3,(H,34,37)(H,35,38)/t23?,24-,26+,30-/m0/s1. The number of benzene rings is 2. The van der Waals surface area contributed by atoms with Gasteiger partial charge < -0.3 is 20.7 Å². The molecule has 2 fully saturated rings. The number of anilines is 1. The van der Waals surface area contributed by atoms with Gasteiger partial charge in [0.25, 0.3) is 0 Å². The molecular formula is C30H36Cl2FN3O3. The summed E-state index contributed by atoms with van der Waals surface area (Å²) in [4.78, 5) is 28.0. The van der Waals surface area contributed by atoms with Gasteiger partial charge in [-0.2, -0.15) is 0 Å². The molecule has 3 heterocycles. The average Bonchev–Trinajstić information content (AvgIpc) is 3.35. The topological polar surface area (TPSA) is 79.5 Å². The number of carbonyl (C=O) groups excluding carboxylic acids is 2. The van der Waals surface area contributed by atoms with E-state index in [1.807, 2.05) is 6.07 Å². The van der Waals surface area contributed by atoms with Crippen LogP contribution in [0.15, 0.2) is 36.4 Å². The molecule has 1 spiro atoms. The van der Waals surface area contributed by atoms with Crippen molar-refractivity contribution in [1.82, 2.24) is 10.6 Å². The first-order valence-corrected chi connectivity index (χ1v) is 14.4. The molecule has 0 aliphatic carbocycles. The summed E-state index contributed by atoms with van der Waals surface area (Å²) < 4.78 is 21.3. The Labute approximate surface area is 239 Å². The zero-order chi connectivity index (χ0) is 27.9. The number of carbonyl (C=O) groups is 2. The fourth-order valence-electron chi connectivity index (χ4n) is 6.70. The summed E-state index contributed by atoms with van der Waals surface area (Å²) in [5.74, 6) is -1.49. The second-order valence-electron chi connectivity index (χ2n) is 12.2. The fraction of sp³-hybridized carbons (Fsp3) is 0.533. The molecular weight excluding hydrogens is 540 g/mol. The van der Waals surface area contributed by atoms with E-state index in [4.69, 9.17) is 27.9 Å². The van der Waals surface area contributed by atoms with Crippen molar-refractivity contribution in [2.75, 3.05) is 25.1 Å². The van der Waals surface area contributed by atoms with Crippen molar-refractivity contribution < 1.29 is 18.7 Å². The Morgan fingerprint density at radius 2 is 1.92 bits per heavy atom. The van der Waals surface area contributed by atoms with Gasteiger partial charge in [-0.05, 0) is 66.3 Å². The molecule has 3 aliphatic heterocycles. The lowest BCUT2D eigenvalue weighted by Crippen LogP contribution is -2.49. The van der Waals surface area contributed by atoms with Crippen LogP contribution >= 0.6 is 23.2 Å². The van der Waals surface area contributed by atoms with Gasteiger partial charge in [0.1, 0.15) is 11.2 Å². The number of halogens is 3. The summed E-state index contributed by atoms with van der Waals surface area (Å²) in [6, 6.07) is 8.76. The molecule has 9 heteroatoms. The minimum absolute atomic E-state index is 0.0460. The van der Waals surface area contributed by atoms with Crippen molar-refractivity contribution in [3.05, 3.63) is 63.4 Å². The van der Waals surface area contributed by atoms with Crippen LogP contribution in [0.1, 0.15) is 63.5 Å². The molecule has 210 valence electrons. The van der Waals surface area contributed by atoms with Crippen molar-refractivity contribution in [2.24, 2.45) is 11.3 Å². The van der Waals surface area contributed by atoms with Crippen LogP contribution in [0.4, 0.5) is 10.1 Å². The molecule has 39 heavy (non-hydrogen) atoms. The molecule has 2 aromatic carbocycles. The predicted molar refractivity (Wildman–Crippen MR) is 152 cm³/mol. The Morgan fingerprint density at radius 1 is 1.18 bits per heavy atom. The molecule has 1 unspecified atom stereocenters. The summed E-state index contributed by atoms with van der Waals surface area (Å²) in [6.45, 7) is 8.27. The van der Waals surface area contributed by atoms with Gasteiger partial charge in [-0.3, -0.25) is 9.59 Å². The smallest absolute Gasteiger partial charge is 0.237 e. The molecule has 4 atom stereocenters. The van der Waals surface area contributed by atoms with E-state index in [-0.39, 0.29) is 27.8 Å². The summed E-state index contributed by atoms with van der Waals surface area (Å²) in [7, 11) is 0. The maximum absolute atomic E-state index is 15.8. The SMILES string of the molecule is CC(C)(C)CC1N[C@@H](C(=O)NCCC2CCOCC2)[C@H](c2cccc(Cl)c2F)[C@@]12C(=O)Nc1cc(Cl)ccc12. The van der Waals surface area contributed by atoms with E-state index >= 15 is 4.39 Å². The van der Waals surface area contributed by atoms with E-state index in [1.165, 1.54) is 6.07 Å². The lowest BCUT2D eigenvalue weighted by Gasteiger charge is -2.37. The third-order valence-electron chi connectivity index (χ3n) is 8.41. The molecule has 6 nitrogen and oxygen atoms in total. The maximum Gasteiger partial charge on any atom is 0.237 e. The molecule has 0 radical (unpaired) electrons. The Bertz CT molecular complexity index is 1260. The van der Waals surface area contributed by atoms with E-state index in [1.54, 1.807) is 24.3 Å². The number of hydrogen-bond acceptors (Lipinski definition) is 4. The molecule has 2 saturated heterocycles. The zero-order valence-corrected chi connectivity index (χ0v) is 24.1. The second-order valence-corrected chi connectivity index (χ2v) is 13.1. The van der Waals surface area contributed by atoms with Gasteiger partial charge in [0.2, 0.25) is 11.8 Å². The minimum Gasteiger partial charge on any atom is -0.381 e. The van der Waals surface area contributed by atoms with E-state index in [2.05, 4.69) is 36.7 Å². The highest BCUT2D eigenvalue weighted by molar-refractivity contribution is 6.31. The second kappa shape index (κ2) is 11.0. The third kappa shape index (κ3) is 5.31. The number of rotatable bonds is 6. The van der Waals surface area contributed by atoms with Gasteiger partial charge in [-0.1, -0.05) is 62.2 Å². The normalized spacial score (nSPS) is 27.0. The van der Waals surface area contributed by atoms with Gasteiger partial charge in [0, 0.05) is 42.4 Å². The number of hydrogen-bond donors (Lipinski definition) is 3. The largest absolute Gasteiger partial charge is 0.381 e. The monoisotopic (exact) mass is 575 g/mol. The number of nitrogens with one attached hydrogen (secondary N) is 3. The molecule has 5 rings (SSSR count). The Morgan fingerprint density at radius 3 is 2.64 bits per heavy atom. The fourth-order valence-corrected chi connectivity index (χ4v) is 7.05. The molecule has 0 aromatic heterocycles. The first kappa shape index (κ1) is 28.3. The van der Waals surface area contributed by atoms with Crippen molar-refractivity contribution >= 4 is 40.7 Å². The van der Waals surface area contributed by atoms with Crippen LogP contribution in [0.25, 0.3) is 0 Å². The van der Waals surface area contributed by atoms with Crippen LogP contribution in [0.5, 0.6) is 0 Å². The Hall–Kier alpha value is -2.19. The highest BCUT2D eigenvalue weighted by atomic mass is 35.5. The number of fused-ring (bicyclic) bond motifs is 2. The highest BCUT2D eigenvalue weighted by Crippen LogP contribution is 2.57. The number of amides is 2. The molecule has 0 bridgehead atoms. The van der Waals surface area contributed by atoms with Crippen LogP contribution < -0.4 is 16.0 Å². The minimum atomic E-state index is -1.25. The molecule has 3 N–H and O–H groups in total. The Kier molecular flexibility index (Phi) is 7.99. The van der Waals surface area contributed by atoms with Crippen molar-refractivity contribution in [2.45, 2.75) is 69.9 Å². The van der Waals surface area contributed by atoms with E-state index < -0.39 is 29.2 Å². The summed E-state index contributed by atoms with van der Waals surface area (Å²) in [5.41, 5.74) is 0.101. The summed E-state index contributed by atoms with van der Waals surface area (Å²) in [6.07, 6.45) is 3.37. The van der Waals surface area contributed by atoms with E-state index in [9.17, 15) is 9.59 Å². The zero-order valence-electron chi connectivity index (χ0n) is 22.6. The lowest BCUT2D eigenvalue weighted by atomic mass is 9.62. The maximum atomic E-state index is 15.8. The van der Waals surface area contributed by atoms with E-state index in [0.717, 1.165) is 32.5 Å². The molecule has 2 aromatic rings. The highest BCUT2D eigenvalue weighted by Gasteiger charge is 2.66. The lowest BCUT2D eigenvalue weighted by molar-refractivity contribution is -0.123. The van der Waals surface area contributed by atoms with Crippen LogP contribution in [0.2, 0.25) is 10.0 Å². The Balaban J connectivity index is 1.59. The van der Waals surface area contributed by atoms with Gasteiger partial charge in [-0.25, -0.2) is 4.39 Å². The average molecular weight is 577 g/mol. The molecule has 3 aliphatic rings. The number of ether oxygens (including phenoxy) is 1. The first-order chi connectivity index (χ1) is 18.5. The van der Waals surface area contributed by atoms with Crippen LogP contribution in [-0.4, -0.2) is 43.7 Å². The van der Waals surface area contributed by atoms with Crippen molar-refractivity contribution in [1.29, 1.82) is 0 Å². The molecule has 0 saturated carbocycles. The van der Waals surface area contributed by atoms with Crippen molar-refractivity contribution in [3.8, 4) is 0 Å². The summed E-state index contributed by atoms with van der Waals surface area (Å²) >= 11 is 12.6. The van der Waals surface area contributed by atoms with Gasteiger partial charge >= 0.3 is 0 Å². The van der Waals surface area contributed by atoms with Gasteiger partial charge in [-0.15, -0.1) is 0 Å². The molecule has 2 amide bonds. The van der Waals surface area contributed by atoms with Gasteiger partial charge in [0.15, 0.2) is 0 Å². The van der Waals surface area contributed by atoms with Crippen LogP contribution in [0, 0.1) is 17.2 Å². The first-order valence-electron chi connectivity index (χ1n) is 13.7. The van der Waals surface area contributed by atoms with E-state index in [0.29, 0.717) is 35.2 Å². The van der Waals surface area contributed by atoms with Crippen LogP contribution in [0.3, 0.4) is 0 Å². The van der Waals surface area contributed by atoms with Gasteiger partial charge in [0.05, 0.1) is 11.1 Å². The quantitative estimate of drug-likeness (QED) is 0.405. The predicted octanol–water partition coefficient (Wildman–Crippen LogP) is 5.82. The van der Waals surface area contributed by atoms with Crippen LogP contribution in [-0.2, 0) is 19.7 Å². The van der Waals surface area contributed by atoms with Crippen molar-refractivity contribution in [3.63, 3.8) is 0 Å².